The second kappa shape index (κ2) is 8.27. The molecule has 0 saturated heterocycles. The number of aromatic nitrogens is 2. The van der Waals surface area contributed by atoms with Gasteiger partial charge in [-0.3, -0.25) is 14.2 Å². The van der Waals surface area contributed by atoms with Crippen molar-refractivity contribution in [3.05, 3.63) is 34.6 Å². The first-order chi connectivity index (χ1) is 15.0. The Morgan fingerprint density at radius 2 is 1.84 bits per heavy atom. The van der Waals surface area contributed by atoms with E-state index in [-0.39, 0.29) is 17.5 Å². The lowest BCUT2D eigenvalue weighted by molar-refractivity contribution is -0.123. The van der Waals surface area contributed by atoms with E-state index < -0.39 is 0 Å². The Balaban J connectivity index is 1.28. The Morgan fingerprint density at radius 1 is 1.19 bits per heavy atom. The van der Waals surface area contributed by atoms with Crippen LogP contribution in [0.15, 0.2) is 34.2 Å². The van der Waals surface area contributed by atoms with E-state index in [9.17, 15) is 9.59 Å². The molecule has 166 valence electrons. The molecule has 4 aliphatic carbocycles. The number of hydrogen-bond donors (Lipinski definition) is 1. The van der Waals surface area contributed by atoms with Gasteiger partial charge in [-0.05, 0) is 87.2 Å². The molecule has 0 radical (unpaired) electrons. The maximum atomic E-state index is 12.9. The summed E-state index contributed by atoms with van der Waals surface area (Å²) >= 11 is 1.38. The standard InChI is InChI=1S/C25H33N3O2S/c1-3-8-28-23(30)20-6-4-5-7-21(20)27-24(28)31-15-22(29)26-16(2)25-12-17-9-18(13-25)11-19(10-17)14-25/h4-7,16-19H,3,8-15H2,1-2H3,(H,26,29)/t16-,17?,18?,19?,25?/m0/s1. The van der Waals surface area contributed by atoms with Gasteiger partial charge in [-0.15, -0.1) is 0 Å². The van der Waals surface area contributed by atoms with Crippen LogP contribution in [0.2, 0.25) is 0 Å². The molecule has 1 aromatic heterocycles. The second-order valence-corrected chi connectivity index (χ2v) is 11.2. The van der Waals surface area contributed by atoms with E-state index in [1.807, 2.05) is 24.3 Å². The van der Waals surface area contributed by atoms with Crippen LogP contribution in [0.25, 0.3) is 10.9 Å². The lowest BCUT2D eigenvalue weighted by Crippen LogP contribution is -2.56. The van der Waals surface area contributed by atoms with E-state index >= 15 is 0 Å². The van der Waals surface area contributed by atoms with Gasteiger partial charge in [0.1, 0.15) is 0 Å². The molecule has 0 aliphatic heterocycles. The van der Waals surface area contributed by atoms with Crippen molar-refractivity contribution in [2.45, 2.75) is 76.5 Å². The summed E-state index contributed by atoms with van der Waals surface area (Å²) in [7, 11) is 0. The van der Waals surface area contributed by atoms with Gasteiger partial charge in [0.2, 0.25) is 5.91 Å². The number of nitrogens with one attached hydrogen (secondary N) is 1. The maximum absolute atomic E-state index is 12.9. The zero-order valence-corrected chi connectivity index (χ0v) is 19.4. The molecule has 1 N–H and O–H groups in total. The van der Waals surface area contributed by atoms with Crippen molar-refractivity contribution in [2.24, 2.45) is 23.2 Å². The Kier molecular flexibility index (Phi) is 5.61. The van der Waals surface area contributed by atoms with Gasteiger partial charge < -0.3 is 5.32 Å². The minimum Gasteiger partial charge on any atom is -0.352 e. The number of fused-ring (bicyclic) bond motifs is 1. The highest BCUT2D eigenvalue weighted by Crippen LogP contribution is 2.61. The van der Waals surface area contributed by atoms with Crippen LogP contribution in [0.1, 0.15) is 58.8 Å². The van der Waals surface area contributed by atoms with Gasteiger partial charge in [-0.25, -0.2) is 4.98 Å². The number of amides is 1. The van der Waals surface area contributed by atoms with E-state index in [0.717, 1.165) is 24.2 Å². The number of thioether (sulfide) groups is 1. The summed E-state index contributed by atoms with van der Waals surface area (Å²) in [4.78, 5) is 30.5. The third-order valence-corrected chi connectivity index (χ3v) is 8.96. The number of carbonyl (C=O) groups is 1. The van der Waals surface area contributed by atoms with Crippen LogP contribution >= 0.6 is 11.8 Å². The summed E-state index contributed by atoms with van der Waals surface area (Å²) < 4.78 is 1.72. The smallest absolute Gasteiger partial charge is 0.262 e. The fraction of sp³-hybridized carbons (Fsp3) is 0.640. The third-order valence-electron chi connectivity index (χ3n) is 7.99. The fourth-order valence-corrected chi connectivity index (χ4v) is 7.79. The van der Waals surface area contributed by atoms with Crippen molar-refractivity contribution in [3.8, 4) is 0 Å². The van der Waals surface area contributed by atoms with Gasteiger partial charge in [-0.2, -0.15) is 0 Å². The Labute approximate surface area is 188 Å². The van der Waals surface area contributed by atoms with Gasteiger partial charge in [0, 0.05) is 12.6 Å². The van der Waals surface area contributed by atoms with Crippen molar-refractivity contribution in [3.63, 3.8) is 0 Å². The molecule has 1 amide bonds. The summed E-state index contributed by atoms with van der Waals surface area (Å²) in [6.45, 7) is 4.89. The molecule has 0 unspecified atom stereocenters. The molecule has 6 rings (SSSR count). The first-order valence-electron chi connectivity index (χ1n) is 11.9. The van der Waals surface area contributed by atoms with Gasteiger partial charge in [0.25, 0.3) is 5.56 Å². The molecule has 4 fully saturated rings. The number of hydrogen-bond acceptors (Lipinski definition) is 4. The van der Waals surface area contributed by atoms with Crippen molar-refractivity contribution in [1.82, 2.24) is 14.9 Å². The zero-order valence-electron chi connectivity index (χ0n) is 18.6. The molecule has 2 aromatic rings. The quantitative estimate of drug-likeness (QED) is 0.505. The van der Waals surface area contributed by atoms with Crippen molar-refractivity contribution >= 4 is 28.6 Å². The second-order valence-electron chi connectivity index (χ2n) is 10.2. The molecule has 6 heteroatoms. The van der Waals surface area contributed by atoms with Gasteiger partial charge in [0.15, 0.2) is 5.16 Å². The predicted octanol–water partition coefficient (Wildman–Crippen LogP) is 4.62. The molecule has 5 nitrogen and oxygen atoms in total. The molecule has 1 atom stereocenters. The summed E-state index contributed by atoms with van der Waals surface area (Å²) in [5.74, 6) is 2.99. The number of para-hydroxylation sites is 1. The topological polar surface area (TPSA) is 64.0 Å². The molecule has 1 heterocycles. The van der Waals surface area contributed by atoms with Crippen LogP contribution in [0.4, 0.5) is 0 Å². The summed E-state index contributed by atoms with van der Waals surface area (Å²) in [6.07, 6.45) is 8.96. The summed E-state index contributed by atoms with van der Waals surface area (Å²) in [5.41, 5.74) is 0.989. The molecule has 4 aliphatic rings. The zero-order chi connectivity index (χ0) is 21.6. The number of carbonyl (C=O) groups excluding carboxylic acids is 1. The Morgan fingerprint density at radius 3 is 2.48 bits per heavy atom. The summed E-state index contributed by atoms with van der Waals surface area (Å²) in [6, 6.07) is 7.68. The van der Waals surface area contributed by atoms with Crippen LogP contribution in [0.5, 0.6) is 0 Å². The van der Waals surface area contributed by atoms with Gasteiger partial charge in [0.05, 0.1) is 16.7 Å². The van der Waals surface area contributed by atoms with Crippen molar-refractivity contribution < 1.29 is 4.79 Å². The number of nitrogens with zero attached hydrogens (tertiary/aromatic N) is 2. The molecular weight excluding hydrogens is 406 g/mol. The SMILES string of the molecule is CCCn1c(SCC(=O)N[C@@H](C)C23CC4CC(CC(C4)C2)C3)nc2ccccc2c1=O. The number of rotatable bonds is 7. The lowest BCUT2D eigenvalue weighted by Gasteiger charge is -2.59. The van der Waals surface area contributed by atoms with Crippen LogP contribution in [-0.4, -0.2) is 27.3 Å². The van der Waals surface area contributed by atoms with Crippen molar-refractivity contribution in [1.29, 1.82) is 0 Å². The average molecular weight is 440 g/mol. The third kappa shape index (κ3) is 3.92. The fourth-order valence-electron chi connectivity index (χ4n) is 6.95. The highest BCUT2D eigenvalue weighted by atomic mass is 32.2. The predicted molar refractivity (Wildman–Crippen MR) is 125 cm³/mol. The molecule has 4 saturated carbocycles. The first kappa shape index (κ1) is 21.0. The monoisotopic (exact) mass is 439 g/mol. The van der Waals surface area contributed by atoms with Gasteiger partial charge in [-0.1, -0.05) is 30.8 Å². The van der Waals surface area contributed by atoms with Gasteiger partial charge >= 0.3 is 0 Å². The van der Waals surface area contributed by atoms with E-state index in [1.165, 1.54) is 50.3 Å². The molecule has 1 aromatic carbocycles. The maximum Gasteiger partial charge on any atom is 0.262 e. The molecule has 0 spiro atoms. The number of benzene rings is 1. The van der Waals surface area contributed by atoms with Crippen LogP contribution in [0.3, 0.4) is 0 Å². The van der Waals surface area contributed by atoms with E-state index in [2.05, 4.69) is 19.2 Å². The Hall–Kier alpha value is -1.82. The normalized spacial score (nSPS) is 29.9. The van der Waals surface area contributed by atoms with E-state index in [4.69, 9.17) is 4.98 Å². The highest BCUT2D eigenvalue weighted by molar-refractivity contribution is 7.99. The Bertz CT molecular complexity index is 1010. The first-order valence-corrected chi connectivity index (χ1v) is 12.9. The largest absolute Gasteiger partial charge is 0.352 e. The minimum atomic E-state index is -0.0164. The summed E-state index contributed by atoms with van der Waals surface area (Å²) in [5, 5.41) is 4.62. The van der Waals surface area contributed by atoms with E-state index in [1.54, 1.807) is 4.57 Å². The minimum absolute atomic E-state index is 0.0164. The molecule has 4 bridgehead atoms. The molecular formula is C25H33N3O2S. The van der Waals surface area contributed by atoms with Crippen LogP contribution in [-0.2, 0) is 11.3 Å². The molecule has 31 heavy (non-hydrogen) atoms. The lowest BCUT2D eigenvalue weighted by atomic mass is 9.48. The van der Waals surface area contributed by atoms with Crippen molar-refractivity contribution in [2.75, 3.05) is 5.75 Å². The highest BCUT2D eigenvalue weighted by Gasteiger charge is 2.53. The van der Waals surface area contributed by atoms with Crippen LogP contribution < -0.4 is 10.9 Å². The average Bonchev–Trinajstić information content (AvgIpc) is 2.73. The van der Waals surface area contributed by atoms with Crippen LogP contribution in [0, 0.1) is 23.2 Å². The van der Waals surface area contributed by atoms with E-state index in [0.29, 0.717) is 33.8 Å².